The Labute approximate surface area is 102 Å². The molecule has 0 aromatic heterocycles. The van der Waals surface area contributed by atoms with Crippen molar-refractivity contribution >= 4 is 11.3 Å². The van der Waals surface area contributed by atoms with Crippen LogP contribution in [0, 0.1) is 11.3 Å². The van der Waals surface area contributed by atoms with Crippen LogP contribution < -0.4 is 5.73 Å². The van der Waals surface area contributed by atoms with E-state index in [2.05, 4.69) is 6.07 Å². The number of nitriles is 1. The smallest absolute Gasteiger partial charge is 0.0991 e. The number of hydrogen-bond donors (Lipinski definition) is 1. The summed E-state index contributed by atoms with van der Waals surface area (Å²) in [7, 11) is 0. The molecular formula is C15H16N2. The molecule has 0 aliphatic carbocycles. The minimum Gasteiger partial charge on any atom is -0.398 e. The van der Waals surface area contributed by atoms with Crippen LogP contribution in [-0.4, -0.2) is 0 Å². The second-order valence-corrected chi connectivity index (χ2v) is 3.56. The summed E-state index contributed by atoms with van der Waals surface area (Å²) in [5, 5.41) is 8.90. The van der Waals surface area contributed by atoms with E-state index in [1.54, 1.807) is 12.1 Å². The number of benzene rings is 1. The van der Waals surface area contributed by atoms with E-state index in [-0.39, 0.29) is 0 Å². The van der Waals surface area contributed by atoms with Crippen molar-refractivity contribution in [1.29, 1.82) is 5.26 Å². The van der Waals surface area contributed by atoms with Crippen LogP contribution in [0.4, 0.5) is 5.69 Å². The fourth-order valence-electron chi connectivity index (χ4n) is 1.49. The zero-order valence-corrected chi connectivity index (χ0v) is 10.1. The summed E-state index contributed by atoms with van der Waals surface area (Å²) < 4.78 is 0. The molecule has 0 fully saturated rings. The van der Waals surface area contributed by atoms with E-state index in [0.717, 1.165) is 11.1 Å². The van der Waals surface area contributed by atoms with Crippen molar-refractivity contribution in [3.8, 4) is 6.07 Å². The Bertz CT molecular complexity index is 514. The lowest BCUT2D eigenvalue weighted by Crippen LogP contribution is -1.93. The number of hydrogen-bond acceptors (Lipinski definition) is 2. The van der Waals surface area contributed by atoms with Crippen LogP contribution in [-0.2, 0) is 0 Å². The highest BCUT2D eigenvalue weighted by Crippen LogP contribution is 2.24. The Kier molecular flexibility index (Phi) is 4.77. The first-order valence-electron chi connectivity index (χ1n) is 5.48. The van der Waals surface area contributed by atoms with Crippen molar-refractivity contribution in [3.05, 3.63) is 59.7 Å². The minimum atomic E-state index is 0.616. The normalized spacial score (nSPS) is 12.2. The minimum absolute atomic E-state index is 0.616. The molecular weight excluding hydrogens is 208 g/mol. The SMILES string of the molecule is C\C=C/C=C(\C=C/C)c1cc(C#N)ccc1N. The van der Waals surface area contributed by atoms with E-state index < -0.39 is 0 Å². The molecule has 2 nitrogen and oxygen atoms in total. The van der Waals surface area contributed by atoms with E-state index in [1.165, 1.54) is 0 Å². The van der Waals surface area contributed by atoms with Crippen molar-refractivity contribution in [1.82, 2.24) is 0 Å². The van der Waals surface area contributed by atoms with Crippen molar-refractivity contribution in [3.63, 3.8) is 0 Å². The van der Waals surface area contributed by atoms with Gasteiger partial charge in [-0.3, -0.25) is 0 Å². The van der Waals surface area contributed by atoms with Gasteiger partial charge in [0, 0.05) is 11.3 Å². The van der Waals surface area contributed by atoms with Gasteiger partial charge in [0.15, 0.2) is 0 Å². The Morgan fingerprint density at radius 3 is 2.65 bits per heavy atom. The molecule has 0 aliphatic heterocycles. The van der Waals surface area contributed by atoms with Crippen LogP contribution in [0.3, 0.4) is 0 Å². The number of nitrogen functional groups attached to an aromatic ring is 1. The van der Waals surface area contributed by atoms with Crippen molar-refractivity contribution in [2.45, 2.75) is 13.8 Å². The molecule has 0 spiro atoms. The Hall–Kier alpha value is -2.27. The van der Waals surface area contributed by atoms with Crippen molar-refractivity contribution in [2.24, 2.45) is 0 Å². The zero-order chi connectivity index (χ0) is 12.7. The van der Waals surface area contributed by atoms with Crippen LogP contribution in [0.1, 0.15) is 25.0 Å². The molecule has 2 N–H and O–H groups in total. The largest absolute Gasteiger partial charge is 0.398 e. The monoisotopic (exact) mass is 224 g/mol. The van der Waals surface area contributed by atoms with Crippen LogP contribution in [0.2, 0.25) is 0 Å². The van der Waals surface area contributed by atoms with E-state index >= 15 is 0 Å². The lowest BCUT2D eigenvalue weighted by atomic mass is 10.0. The maximum absolute atomic E-state index is 8.90. The van der Waals surface area contributed by atoms with E-state index in [1.807, 2.05) is 50.3 Å². The first kappa shape index (κ1) is 12.8. The molecule has 2 heteroatoms. The molecule has 0 heterocycles. The van der Waals surface area contributed by atoms with Gasteiger partial charge in [-0.15, -0.1) is 0 Å². The highest BCUT2D eigenvalue weighted by atomic mass is 14.6. The quantitative estimate of drug-likeness (QED) is 0.629. The van der Waals surface area contributed by atoms with E-state index in [4.69, 9.17) is 11.0 Å². The maximum atomic E-state index is 8.90. The molecule has 1 aromatic carbocycles. The Morgan fingerprint density at radius 1 is 1.29 bits per heavy atom. The van der Waals surface area contributed by atoms with Crippen LogP contribution in [0.5, 0.6) is 0 Å². The van der Waals surface area contributed by atoms with Crippen LogP contribution in [0.15, 0.2) is 48.6 Å². The molecule has 1 rings (SSSR count). The van der Waals surface area contributed by atoms with Gasteiger partial charge in [0.1, 0.15) is 0 Å². The van der Waals surface area contributed by atoms with Crippen molar-refractivity contribution < 1.29 is 0 Å². The van der Waals surface area contributed by atoms with Gasteiger partial charge in [0.25, 0.3) is 0 Å². The average molecular weight is 224 g/mol. The van der Waals surface area contributed by atoms with E-state index in [9.17, 15) is 0 Å². The summed E-state index contributed by atoms with van der Waals surface area (Å²) in [5.41, 5.74) is 9.12. The fraction of sp³-hybridized carbons (Fsp3) is 0.133. The van der Waals surface area contributed by atoms with Gasteiger partial charge < -0.3 is 5.73 Å². The number of allylic oxidation sites excluding steroid dienone is 6. The number of nitrogens with two attached hydrogens (primary N) is 1. The third-order valence-corrected chi connectivity index (χ3v) is 2.31. The fourth-order valence-corrected chi connectivity index (χ4v) is 1.49. The predicted molar refractivity (Wildman–Crippen MR) is 73.2 cm³/mol. The molecule has 1 aromatic rings. The van der Waals surface area contributed by atoms with Gasteiger partial charge in [-0.25, -0.2) is 0 Å². The molecule has 0 saturated heterocycles. The summed E-state index contributed by atoms with van der Waals surface area (Å²) in [6.45, 7) is 3.91. The second kappa shape index (κ2) is 6.34. The average Bonchev–Trinajstić information content (AvgIpc) is 2.35. The van der Waals surface area contributed by atoms with E-state index in [0.29, 0.717) is 11.3 Å². The van der Waals surface area contributed by atoms with Crippen LogP contribution in [0.25, 0.3) is 5.57 Å². The molecule has 0 unspecified atom stereocenters. The topological polar surface area (TPSA) is 49.8 Å². The lowest BCUT2D eigenvalue weighted by Gasteiger charge is -2.06. The summed E-state index contributed by atoms with van der Waals surface area (Å²) in [4.78, 5) is 0. The number of rotatable bonds is 3. The summed E-state index contributed by atoms with van der Waals surface area (Å²) >= 11 is 0. The molecule has 0 radical (unpaired) electrons. The molecule has 0 bridgehead atoms. The Balaban J connectivity index is 3.32. The van der Waals surface area contributed by atoms with Gasteiger partial charge in [-0.05, 0) is 37.6 Å². The molecule has 86 valence electrons. The maximum Gasteiger partial charge on any atom is 0.0991 e. The summed E-state index contributed by atoms with van der Waals surface area (Å²) in [5.74, 6) is 0. The molecule has 17 heavy (non-hydrogen) atoms. The molecule has 0 amide bonds. The lowest BCUT2D eigenvalue weighted by molar-refractivity contribution is 1.47. The van der Waals surface area contributed by atoms with Crippen molar-refractivity contribution in [2.75, 3.05) is 5.73 Å². The van der Waals surface area contributed by atoms with Gasteiger partial charge in [0.2, 0.25) is 0 Å². The molecule has 0 atom stereocenters. The van der Waals surface area contributed by atoms with Gasteiger partial charge in [-0.1, -0.05) is 30.4 Å². The molecule has 0 saturated carbocycles. The summed E-state index contributed by atoms with van der Waals surface area (Å²) in [6.07, 6.45) is 9.81. The first-order chi connectivity index (χ1) is 8.22. The first-order valence-corrected chi connectivity index (χ1v) is 5.48. The summed E-state index contributed by atoms with van der Waals surface area (Å²) in [6, 6.07) is 7.42. The predicted octanol–water partition coefficient (Wildman–Crippen LogP) is 3.68. The third-order valence-electron chi connectivity index (χ3n) is 2.31. The Morgan fingerprint density at radius 2 is 2.06 bits per heavy atom. The zero-order valence-electron chi connectivity index (χ0n) is 10.1. The van der Waals surface area contributed by atoms with Gasteiger partial charge >= 0.3 is 0 Å². The van der Waals surface area contributed by atoms with Gasteiger partial charge in [0.05, 0.1) is 11.6 Å². The van der Waals surface area contributed by atoms with Gasteiger partial charge in [-0.2, -0.15) is 5.26 Å². The number of nitrogens with zero attached hydrogens (tertiary/aromatic N) is 1. The molecule has 0 aliphatic rings. The second-order valence-electron chi connectivity index (χ2n) is 3.56. The third kappa shape index (κ3) is 3.35. The number of anilines is 1. The standard InChI is InChI=1S/C15H16N2/c1-3-5-7-13(6-4-2)14-10-12(11-16)8-9-15(14)17/h3-10H,17H2,1-2H3/b5-3-,6-4-,13-7+. The highest BCUT2D eigenvalue weighted by Gasteiger charge is 2.03. The van der Waals surface area contributed by atoms with Crippen LogP contribution >= 0.6 is 0 Å². The highest BCUT2D eigenvalue weighted by molar-refractivity contribution is 5.82.